The van der Waals surface area contributed by atoms with Crippen molar-refractivity contribution in [2.24, 2.45) is 23.3 Å². The van der Waals surface area contributed by atoms with Crippen LogP contribution < -0.4 is 38.1 Å². The van der Waals surface area contributed by atoms with Gasteiger partial charge in [-0.3, -0.25) is 29.0 Å². The summed E-state index contributed by atoms with van der Waals surface area (Å²) < 4.78 is 134. The fourth-order valence-corrected chi connectivity index (χ4v) is 14.0. The summed E-state index contributed by atoms with van der Waals surface area (Å²) in [6, 6.07) is 30.2. The van der Waals surface area contributed by atoms with E-state index in [1.54, 1.807) is 145 Å². The number of ether oxygens (including phenoxy) is 2. The molecule has 12 aromatic heterocycles. The lowest BCUT2D eigenvalue weighted by atomic mass is 10.1. The second-order valence-corrected chi connectivity index (χ2v) is 31.9. The van der Waals surface area contributed by atoms with Crippen molar-refractivity contribution in [3.8, 4) is 34.6 Å². The van der Waals surface area contributed by atoms with Crippen molar-refractivity contribution in [1.82, 2.24) is 83.5 Å². The third-order valence-electron chi connectivity index (χ3n) is 19.4. The molecule has 0 radical (unpaired) electrons. The van der Waals surface area contributed by atoms with Gasteiger partial charge in [0.25, 0.3) is 0 Å². The van der Waals surface area contributed by atoms with Gasteiger partial charge in [0.15, 0.2) is 17.5 Å². The number of alkyl halides is 9. The Labute approximate surface area is 716 Å². The Balaban J connectivity index is 0.000000153. The van der Waals surface area contributed by atoms with Gasteiger partial charge in [-0.25, -0.2) is 68.0 Å². The van der Waals surface area contributed by atoms with Crippen LogP contribution in [0, 0.1) is 11.8 Å². The molecule has 2 atom stereocenters. The minimum atomic E-state index is -4.62. The SMILES string of the molecule is CC(C)(C)OC(=O)N1CCC[C@@H]1C(N)=O.CC(C)(C)OC(=O)N1CCC[C@H]1C(=O)Nc1cc(Nc2nc(-c3cccc(C(F)(F)F)n3)nn3cccc23)ccn1.FC(F)(F)c1cccc(-c2nc(Nc3ccnc(Br)c3)c3cccn3n2)n1.NC(=O)C1CCCC1.O=C(Nc1cc(Nc2nc(-c3cccc(C(F)(F)F)n3)nn3cccc23)ccn1)C1CCCC1. The van der Waals surface area contributed by atoms with Crippen LogP contribution >= 0.6 is 15.9 Å². The highest BCUT2D eigenvalue weighted by Gasteiger charge is 2.40. The Kier molecular flexibility index (Phi) is 28.2. The lowest BCUT2D eigenvalue weighted by Gasteiger charge is -2.28. The Hall–Kier alpha value is -13.6. The highest BCUT2D eigenvalue weighted by Crippen LogP contribution is 2.36. The van der Waals surface area contributed by atoms with Gasteiger partial charge >= 0.3 is 30.7 Å². The molecule has 0 spiro atoms. The molecule has 2 saturated heterocycles. The smallest absolute Gasteiger partial charge is 0.433 e. The van der Waals surface area contributed by atoms with Crippen molar-refractivity contribution in [1.29, 1.82) is 0 Å². The summed E-state index contributed by atoms with van der Waals surface area (Å²) in [5.41, 5.74) is 9.57. The summed E-state index contributed by atoms with van der Waals surface area (Å²) >= 11 is 3.29. The van der Waals surface area contributed by atoms with Gasteiger partial charge in [-0.2, -0.15) is 39.5 Å². The molecule has 14 heterocycles. The van der Waals surface area contributed by atoms with E-state index < -0.39 is 82.9 Å². The molecule has 9 N–H and O–H groups in total. The molecule has 6 amide bonds. The van der Waals surface area contributed by atoms with Gasteiger partial charge in [0, 0.05) is 91.3 Å². The standard InChI is InChI=1S/C27H27F3N8O3.C23H20F3N7O.C17H10BrF3N6.C10H18N2O3.C6H11NO/c1-26(2,3)41-25(40)37-13-5-9-19(37)24(39)34-21-15-16(11-12-31-21)32-23-18-8-6-14-38(18)36-22(35-23)17-7-4-10-20(33-17)27(28,29)30;24-23(25,26)18-9-3-7-16(29-18)20-31-21(17-8-4-12-33(17)32-20)28-15-10-11-27-19(13-15)30-22(34)14-5-1-2-6-14;18-14-9-10(6-7-22-14)23-16-12-4-2-8-27(12)26-15(25-16)11-3-1-5-13(24-11)17(19,20)21;1-10(2,3)15-9(14)12-6-4-5-7(12)8(11)13;7-6(8)5-3-1-2-4-5/h4,6-8,10-12,14-15,19H,5,9,13H2,1-3H3,(H2,31,32,34,35,36,39);3-4,7-14H,1-2,5-6H2,(H2,27,28,30,31,32,34);1-9H,(H,22,23,25,26);7H,4-6H2,1-3H3,(H2,11,13);5H,1-4H2,(H2,7,8)/t19-;;;7-;/m0..1./s1. The molecule has 42 heteroatoms. The van der Waals surface area contributed by atoms with Crippen LogP contribution in [0.4, 0.5) is 95.3 Å². The molecule has 0 unspecified atom stereocenters. The van der Waals surface area contributed by atoms with Crippen LogP contribution in [0.1, 0.15) is 136 Å². The van der Waals surface area contributed by atoms with Gasteiger partial charge in [0.1, 0.15) is 90.2 Å². The van der Waals surface area contributed by atoms with Crippen LogP contribution in [-0.4, -0.2) is 156 Å². The summed E-state index contributed by atoms with van der Waals surface area (Å²) in [5.74, 6) is 1.01. The van der Waals surface area contributed by atoms with Crippen molar-refractivity contribution in [2.45, 2.75) is 160 Å². The number of pyridine rings is 6. The fourth-order valence-electron chi connectivity index (χ4n) is 13.6. The molecular weight excluding hydrogens is 1710 g/mol. The minimum Gasteiger partial charge on any atom is -0.444 e. The minimum absolute atomic E-state index is 0.00291. The zero-order valence-electron chi connectivity index (χ0n) is 68.1. The zero-order valence-corrected chi connectivity index (χ0v) is 69.7. The number of anilines is 8. The predicted octanol–water partition coefficient (Wildman–Crippen LogP) is 16.6. The van der Waals surface area contributed by atoms with Gasteiger partial charge in [-0.05, 0) is 206 Å². The molecule has 12 aromatic rings. The van der Waals surface area contributed by atoms with E-state index in [2.05, 4.69) is 103 Å². The number of nitrogens with zero attached hydrogens (tertiary/aromatic N) is 17. The average molecular weight is 1800 g/mol. The number of likely N-dealkylation sites (tertiary alicyclic amines) is 2. The maximum Gasteiger partial charge on any atom is 0.433 e. The molecule has 2 aliphatic carbocycles. The first-order valence-electron chi connectivity index (χ1n) is 39.5. The normalized spacial score (nSPS) is 15.6. The largest absolute Gasteiger partial charge is 0.444 e. The van der Waals surface area contributed by atoms with Crippen LogP contribution in [0.2, 0.25) is 0 Å². The highest BCUT2D eigenvalue weighted by atomic mass is 79.9. The van der Waals surface area contributed by atoms with Crippen molar-refractivity contribution in [3.63, 3.8) is 0 Å². The van der Waals surface area contributed by atoms with E-state index in [1.807, 2.05) is 0 Å². The first-order chi connectivity index (χ1) is 59.2. The predicted molar refractivity (Wildman–Crippen MR) is 445 cm³/mol. The first-order valence-corrected chi connectivity index (χ1v) is 40.3. The molecule has 2 aliphatic heterocycles. The van der Waals surface area contributed by atoms with E-state index in [1.165, 1.54) is 78.8 Å². The zero-order chi connectivity index (χ0) is 89.7. The number of amides is 6. The summed E-state index contributed by atoms with van der Waals surface area (Å²) in [7, 11) is 0. The Bertz CT molecular complexity index is 5870. The number of hydrogen-bond donors (Lipinski definition) is 7. The Morgan fingerprint density at radius 3 is 1.11 bits per heavy atom. The monoisotopic (exact) mass is 1800 g/mol. The number of fused-ring (bicyclic) bond motifs is 3. The number of halogens is 10. The molecule has 16 rings (SSSR count). The van der Waals surface area contributed by atoms with E-state index in [0.29, 0.717) is 93.8 Å². The van der Waals surface area contributed by atoms with Crippen LogP contribution in [0.15, 0.2) is 169 Å². The maximum atomic E-state index is 13.2. The van der Waals surface area contributed by atoms with Gasteiger partial charge in [-0.15, -0.1) is 15.3 Å². The van der Waals surface area contributed by atoms with Gasteiger partial charge in [0.2, 0.25) is 41.1 Å². The average Bonchev–Trinajstić information content (AvgIpc) is 1.74. The van der Waals surface area contributed by atoms with Crippen molar-refractivity contribution < 1.29 is 77.8 Å². The Morgan fingerprint density at radius 1 is 0.408 bits per heavy atom. The fraction of sp³-hybridized carbons (Fsp3) is 0.349. The molecular formula is C83H86BrF9N24O8. The van der Waals surface area contributed by atoms with Gasteiger partial charge < -0.3 is 47.5 Å². The van der Waals surface area contributed by atoms with Crippen molar-refractivity contribution >= 4 is 114 Å². The summed E-state index contributed by atoms with van der Waals surface area (Å²) in [4.78, 5) is 111. The van der Waals surface area contributed by atoms with E-state index in [4.69, 9.17) is 20.9 Å². The lowest BCUT2D eigenvalue weighted by Crippen LogP contribution is -2.45. The summed E-state index contributed by atoms with van der Waals surface area (Å²) in [6.07, 6.45) is 5.75. The molecule has 0 bridgehead atoms. The van der Waals surface area contributed by atoms with Crippen molar-refractivity contribution in [2.75, 3.05) is 39.7 Å². The van der Waals surface area contributed by atoms with E-state index in [-0.39, 0.29) is 64.0 Å². The van der Waals surface area contributed by atoms with E-state index in [9.17, 15) is 68.3 Å². The third-order valence-corrected chi connectivity index (χ3v) is 19.8. The molecule has 2 saturated carbocycles. The Morgan fingerprint density at radius 2 is 0.760 bits per heavy atom. The highest BCUT2D eigenvalue weighted by molar-refractivity contribution is 9.10. The van der Waals surface area contributed by atoms with Gasteiger partial charge in [0.05, 0.1) is 0 Å². The summed E-state index contributed by atoms with van der Waals surface area (Å²) in [5, 5.41) is 27.9. The maximum absolute atomic E-state index is 13.2. The third kappa shape index (κ3) is 24.5. The van der Waals surface area contributed by atoms with Crippen LogP contribution in [0.3, 0.4) is 0 Å². The molecule has 32 nitrogen and oxygen atoms in total. The molecule has 4 aliphatic rings. The summed E-state index contributed by atoms with van der Waals surface area (Å²) in [6.45, 7) is 11.6. The second kappa shape index (κ2) is 38.9. The van der Waals surface area contributed by atoms with Crippen LogP contribution in [0.5, 0.6) is 0 Å². The molecule has 125 heavy (non-hydrogen) atoms. The first kappa shape index (κ1) is 90.7. The van der Waals surface area contributed by atoms with E-state index >= 15 is 0 Å². The van der Waals surface area contributed by atoms with Gasteiger partial charge in [-0.1, -0.05) is 43.9 Å². The van der Waals surface area contributed by atoms with Crippen molar-refractivity contribution in [3.05, 3.63) is 186 Å². The molecule has 0 aromatic carbocycles. The molecule has 4 fully saturated rings. The van der Waals surface area contributed by atoms with Crippen LogP contribution in [0.25, 0.3) is 51.1 Å². The number of rotatable bonds is 15. The van der Waals surface area contributed by atoms with E-state index in [0.717, 1.165) is 63.1 Å². The molecule has 656 valence electrons. The number of aromatic nitrogens is 15. The number of nitrogens with one attached hydrogen (secondary N) is 5. The second-order valence-electron chi connectivity index (χ2n) is 31.1. The topological polar surface area (TPSA) is 407 Å². The number of hydrogen-bond acceptors (Lipinski definition) is 23. The number of primary amides is 2. The lowest BCUT2D eigenvalue weighted by molar-refractivity contribution is -0.141. The quantitative estimate of drug-likeness (QED) is 0.0370. The number of carbonyl (C=O) groups is 6. The number of carbonyl (C=O) groups excluding carboxylic acids is 6. The number of nitrogens with two attached hydrogens (primary N) is 2. The van der Waals surface area contributed by atoms with Crippen LogP contribution in [-0.2, 0) is 47.2 Å².